The predicted molar refractivity (Wildman–Crippen MR) is 120 cm³/mol. The van der Waals surface area contributed by atoms with Gasteiger partial charge in [0.15, 0.2) is 0 Å². The number of nitrogens with one attached hydrogen (secondary N) is 1. The number of alkyl carbamates (subject to hydrolysis) is 1. The third kappa shape index (κ3) is 5.46. The first-order chi connectivity index (χ1) is 14.7. The van der Waals surface area contributed by atoms with Gasteiger partial charge in [-0.25, -0.2) is 14.5 Å². The summed E-state index contributed by atoms with van der Waals surface area (Å²) in [5.41, 5.74) is 1.69. The van der Waals surface area contributed by atoms with Gasteiger partial charge in [0.1, 0.15) is 16.9 Å². The number of pyridine rings is 1. The molecule has 0 atom stereocenters. The normalized spacial score (nSPS) is 14.0. The lowest BCUT2D eigenvalue weighted by atomic mass is 10.2. The Bertz CT molecular complexity index is 1120. The van der Waals surface area contributed by atoms with Crippen molar-refractivity contribution in [3.63, 3.8) is 0 Å². The molecule has 2 aromatic heterocycles. The molecule has 1 aliphatic carbocycles. The molecule has 0 aliphatic heterocycles. The van der Waals surface area contributed by atoms with Gasteiger partial charge < -0.3 is 14.8 Å². The minimum absolute atomic E-state index is 0.148. The number of fused-ring (bicyclic) bond motifs is 1. The molecule has 0 radical (unpaired) electrons. The number of hydrogen-bond acceptors (Lipinski definition) is 6. The summed E-state index contributed by atoms with van der Waals surface area (Å²) in [7, 11) is 0. The summed E-state index contributed by atoms with van der Waals surface area (Å²) in [5, 5.41) is 11.7. The monoisotopic (exact) mass is 507 g/mol. The maximum absolute atomic E-state index is 12.0. The van der Waals surface area contributed by atoms with Crippen molar-refractivity contribution in [1.29, 1.82) is 0 Å². The van der Waals surface area contributed by atoms with Crippen LogP contribution in [0.4, 0.5) is 4.79 Å². The second-order valence-corrected chi connectivity index (χ2v) is 9.77. The summed E-state index contributed by atoms with van der Waals surface area (Å²) in [4.78, 5) is 16.3. The average molecular weight is 509 g/mol. The van der Waals surface area contributed by atoms with Crippen molar-refractivity contribution in [2.45, 2.75) is 52.3 Å². The van der Waals surface area contributed by atoms with E-state index in [2.05, 4.69) is 36.5 Å². The zero-order valence-electron chi connectivity index (χ0n) is 17.5. The Balaban J connectivity index is 1.54. The first-order valence-corrected chi connectivity index (χ1v) is 11.2. The zero-order chi connectivity index (χ0) is 22.2. The van der Waals surface area contributed by atoms with Crippen molar-refractivity contribution < 1.29 is 14.3 Å². The van der Waals surface area contributed by atoms with E-state index in [0.717, 1.165) is 17.6 Å². The Morgan fingerprint density at radius 2 is 2.13 bits per heavy atom. The molecule has 3 aromatic rings. The van der Waals surface area contributed by atoms with Crippen LogP contribution in [-0.2, 0) is 17.8 Å². The van der Waals surface area contributed by atoms with Gasteiger partial charge in [0.25, 0.3) is 0 Å². The van der Waals surface area contributed by atoms with Crippen molar-refractivity contribution in [3.05, 3.63) is 39.5 Å². The molecule has 1 fully saturated rings. The van der Waals surface area contributed by atoms with Crippen LogP contribution in [0.1, 0.15) is 39.2 Å². The van der Waals surface area contributed by atoms with Gasteiger partial charge in [0, 0.05) is 18.3 Å². The zero-order valence-corrected chi connectivity index (χ0v) is 19.8. The number of rotatable bonds is 6. The number of aromatic nitrogens is 4. The van der Waals surface area contributed by atoms with Crippen LogP contribution in [0, 0.1) is 5.92 Å². The summed E-state index contributed by atoms with van der Waals surface area (Å²) in [6.45, 7) is 6.43. The number of halogens is 2. The lowest BCUT2D eigenvalue weighted by Crippen LogP contribution is -2.32. The van der Waals surface area contributed by atoms with Crippen LogP contribution in [-0.4, -0.2) is 31.7 Å². The van der Waals surface area contributed by atoms with Crippen LogP contribution < -0.4 is 10.1 Å². The summed E-state index contributed by atoms with van der Waals surface area (Å²) in [5.74, 6) is 1.56. The second kappa shape index (κ2) is 8.63. The van der Waals surface area contributed by atoms with E-state index < -0.39 is 11.7 Å². The summed E-state index contributed by atoms with van der Waals surface area (Å²) < 4.78 is 14.0. The molecule has 4 rings (SSSR count). The molecule has 1 N–H and O–H groups in total. The number of amides is 1. The standard InChI is InChI=1S/C21H23BrClN5O3/c1-21(2,3)31-20(29)25-9-13-8-14(23)10-24-19(13)30-16-7-6-15-18(17(16)22)26-27-28(15)11-12-4-5-12/h6-8,10,12H,4-5,9,11H2,1-3H3,(H,25,29). The van der Waals surface area contributed by atoms with Crippen LogP contribution in [0.3, 0.4) is 0 Å². The molecule has 0 unspecified atom stereocenters. The fraction of sp³-hybridized carbons (Fsp3) is 0.429. The van der Waals surface area contributed by atoms with E-state index >= 15 is 0 Å². The van der Waals surface area contributed by atoms with Gasteiger partial charge in [0.2, 0.25) is 5.88 Å². The maximum Gasteiger partial charge on any atom is 0.407 e. The number of carbonyl (C=O) groups is 1. The highest BCUT2D eigenvalue weighted by atomic mass is 79.9. The Morgan fingerprint density at radius 3 is 2.84 bits per heavy atom. The van der Waals surface area contributed by atoms with Gasteiger partial charge in [-0.1, -0.05) is 16.8 Å². The van der Waals surface area contributed by atoms with E-state index in [1.807, 2.05) is 16.8 Å². The van der Waals surface area contributed by atoms with Crippen LogP contribution in [0.25, 0.3) is 11.0 Å². The Morgan fingerprint density at radius 1 is 1.35 bits per heavy atom. The van der Waals surface area contributed by atoms with Crippen molar-refractivity contribution >= 4 is 44.7 Å². The van der Waals surface area contributed by atoms with Crippen molar-refractivity contribution in [1.82, 2.24) is 25.3 Å². The summed E-state index contributed by atoms with van der Waals surface area (Å²) in [6.07, 6.45) is 3.44. The molecule has 8 nitrogen and oxygen atoms in total. The van der Waals surface area contributed by atoms with E-state index in [0.29, 0.717) is 32.6 Å². The third-order valence-electron chi connectivity index (χ3n) is 4.64. The molecule has 2 heterocycles. The van der Waals surface area contributed by atoms with Crippen LogP contribution >= 0.6 is 27.5 Å². The van der Waals surface area contributed by atoms with E-state index in [9.17, 15) is 4.79 Å². The molecule has 0 saturated heterocycles. The highest BCUT2D eigenvalue weighted by Crippen LogP contribution is 2.37. The number of benzene rings is 1. The van der Waals surface area contributed by atoms with Crippen molar-refractivity contribution in [2.75, 3.05) is 0 Å². The van der Waals surface area contributed by atoms with Crippen molar-refractivity contribution in [2.24, 2.45) is 5.92 Å². The SMILES string of the molecule is CC(C)(C)OC(=O)NCc1cc(Cl)cnc1Oc1ccc2c(nnn2CC2CC2)c1Br. The van der Waals surface area contributed by atoms with Crippen LogP contribution in [0.2, 0.25) is 5.02 Å². The highest BCUT2D eigenvalue weighted by Gasteiger charge is 2.24. The molecule has 0 bridgehead atoms. The summed E-state index contributed by atoms with van der Waals surface area (Å²) >= 11 is 9.69. The quantitative estimate of drug-likeness (QED) is 0.475. The van der Waals surface area contributed by atoms with Crippen LogP contribution in [0.5, 0.6) is 11.6 Å². The Labute approximate surface area is 193 Å². The first kappa shape index (κ1) is 21.8. The number of nitrogens with zero attached hydrogens (tertiary/aromatic N) is 4. The lowest BCUT2D eigenvalue weighted by Gasteiger charge is -2.20. The van der Waals surface area contributed by atoms with Gasteiger partial charge in [-0.15, -0.1) is 5.10 Å². The molecule has 1 amide bonds. The molecule has 31 heavy (non-hydrogen) atoms. The largest absolute Gasteiger partial charge is 0.444 e. The first-order valence-electron chi connectivity index (χ1n) is 10.0. The topological polar surface area (TPSA) is 91.2 Å². The van der Waals surface area contributed by atoms with Crippen molar-refractivity contribution in [3.8, 4) is 11.6 Å². The molecular formula is C21H23BrClN5O3. The molecule has 1 aliphatic rings. The number of ether oxygens (including phenoxy) is 2. The number of carbonyl (C=O) groups excluding carboxylic acids is 1. The fourth-order valence-corrected chi connectivity index (χ4v) is 3.69. The van der Waals surface area contributed by atoms with Gasteiger partial charge in [0.05, 0.1) is 21.6 Å². The Hall–Kier alpha value is -2.39. The minimum atomic E-state index is -0.590. The lowest BCUT2D eigenvalue weighted by molar-refractivity contribution is 0.0523. The predicted octanol–water partition coefficient (Wildman–Crippen LogP) is 5.47. The van der Waals surface area contributed by atoms with E-state index in [1.165, 1.54) is 19.0 Å². The van der Waals surface area contributed by atoms with E-state index in [4.69, 9.17) is 21.1 Å². The van der Waals surface area contributed by atoms with Gasteiger partial charge in [-0.2, -0.15) is 0 Å². The van der Waals surface area contributed by atoms with E-state index in [1.54, 1.807) is 26.8 Å². The number of hydrogen-bond donors (Lipinski definition) is 1. The molecule has 0 spiro atoms. The molecule has 1 saturated carbocycles. The molecule has 164 valence electrons. The molecular weight excluding hydrogens is 486 g/mol. The van der Waals surface area contributed by atoms with E-state index in [-0.39, 0.29) is 6.54 Å². The van der Waals surface area contributed by atoms with Gasteiger partial charge >= 0.3 is 6.09 Å². The second-order valence-electron chi connectivity index (χ2n) is 8.54. The average Bonchev–Trinajstić information content (AvgIpc) is 3.41. The Kier molecular flexibility index (Phi) is 6.07. The highest BCUT2D eigenvalue weighted by molar-refractivity contribution is 9.10. The van der Waals surface area contributed by atoms with Gasteiger partial charge in [-0.05, 0) is 73.7 Å². The smallest absolute Gasteiger partial charge is 0.407 e. The summed E-state index contributed by atoms with van der Waals surface area (Å²) in [6, 6.07) is 5.48. The molecule has 10 heteroatoms. The molecule has 1 aromatic carbocycles. The fourth-order valence-electron chi connectivity index (χ4n) is 3.02. The van der Waals surface area contributed by atoms with Gasteiger partial charge in [-0.3, -0.25) is 0 Å². The third-order valence-corrected chi connectivity index (χ3v) is 5.61. The van der Waals surface area contributed by atoms with Crippen LogP contribution in [0.15, 0.2) is 28.9 Å². The minimum Gasteiger partial charge on any atom is -0.444 e. The maximum atomic E-state index is 12.0.